The fourth-order valence-corrected chi connectivity index (χ4v) is 1.52. The Bertz CT molecular complexity index is 118. The van der Waals surface area contributed by atoms with Gasteiger partial charge in [-0.3, -0.25) is 0 Å². The van der Waals surface area contributed by atoms with Gasteiger partial charge in [0.05, 0.1) is 0 Å². The molecule has 0 saturated heterocycles. The van der Waals surface area contributed by atoms with Crippen molar-refractivity contribution >= 4 is 0 Å². The fraction of sp³-hybridized carbons (Fsp3) is 0.818. The lowest BCUT2D eigenvalue weighted by molar-refractivity contribution is 0.399. The second-order valence-electron chi connectivity index (χ2n) is 4.21. The highest BCUT2D eigenvalue weighted by Gasteiger charge is 2.06. The summed E-state index contributed by atoms with van der Waals surface area (Å²) in [5.41, 5.74) is 5.73. The molecule has 2 atom stereocenters. The van der Waals surface area contributed by atoms with E-state index >= 15 is 0 Å². The highest BCUT2D eigenvalue weighted by atomic mass is 14.6. The van der Waals surface area contributed by atoms with Crippen LogP contribution in [0.25, 0.3) is 0 Å². The van der Waals surface area contributed by atoms with Crippen LogP contribution in [0.15, 0.2) is 12.7 Å². The maximum atomic E-state index is 5.73. The van der Waals surface area contributed by atoms with Crippen LogP contribution in [0.3, 0.4) is 0 Å². The Morgan fingerprint density at radius 3 is 2.25 bits per heavy atom. The van der Waals surface area contributed by atoms with Crippen molar-refractivity contribution in [2.75, 3.05) is 0 Å². The predicted octanol–water partition coefficient (Wildman–Crippen LogP) is 2.96. The Labute approximate surface area is 77.0 Å². The molecule has 0 aliphatic carbocycles. The molecule has 0 heterocycles. The fourth-order valence-electron chi connectivity index (χ4n) is 1.52. The molecule has 12 heavy (non-hydrogen) atoms. The summed E-state index contributed by atoms with van der Waals surface area (Å²) < 4.78 is 0. The standard InChI is InChI=1S/C11H23N/c1-5-11(12)7-6-10(4)8-9(2)3/h5,9-11H,1,6-8,12H2,2-4H3. The first kappa shape index (κ1) is 11.7. The predicted molar refractivity (Wildman–Crippen MR) is 56.0 cm³/mol. The van der Waals surface area contributed by atoms with Gasteiger partial charge >= 0.3 is 0 Å². The maximum Gasteiger partial charge on any atom is 0.0221 e. The van der Waals surface area contributed by atoms with Gasteiger partial charge in [0.2, 0.25) is 0 Å². The lowest BCUT2D eigenvalue weighted by Gasteiger charge is -2.14. The van der Waals surface area contributed by atoms with Gasteiger partial charge in [0.25, 0.3) is 0 Å². The van der Waals surface area contributed by atoms with Crippen LogP contribution in [0.4, 0.5) is 0 Å². The van der Waals surface area contributed by atoms with E-state index in [0.29, 0.717) is 0 Å². The summed E-state index contributed by atoms with van der Waals surface area (Å²) in [4.78, 5) is 0. The summed E-state index contributed by atoms with van der Waals surface area (Å²) in [7, 11) is 0. The molecule has 0 radical (unpaired) electrons. The third-order valence-electron chi connectivity index (χ3n) is 2.17. The zero-order chi connectivity index (χ0) is 9.56. The Morgan fingerprint density at radius 2 is 1.83 bits per heavy atom. The van der Waals surface area contributed by atoms with Gasteiger partial charge in [0, 0.05) is 6.04 Å². The van der Waals surface area contributed by atoms with Crippen LogP contribution in [0.5, 0.6) is 0 Å². The highest BCUT2D eigenvalue weighted by Crippen LogP contribution is 2.16. The molecule has 1 heteroatoms. The van der Waals surface area contributed by atoms with E-state index in [-0.39, 0.29) is 6.04 Å². The molecule has 1 nitrogen and oxygen atoms in total. The minimum Gasteiger partial charge on any atom is -0.324 e. The third kappa shape index (κ3) is 6.41. The van der Waals surface area contributed by atoms with Gasteiger partial charge in [-0.25, -0.2) is 0 Å². The molecule has 0 bridgehead atoms. The van der Waals surface area contributed by atoms with Crippen LogP contribution in [0.2, 0.25) is 0 Å². The van der Waals surface area contributed by atoms with Crippen molar-refractivity contribution in [3.63, 3.8) is 0 Å². The summed E-state index contributed by atoms with van der Waals surface area (Å²) in [6.07, 6.45) is 5.45. The second kappa shape index (κ2) is 6.24. The van der Waals surface area contributed by atoms with Gasteiger partial charge in [-0.2, -0.15) is 0 Å². The van der Waals surface area contributed by atoms with E-state index in [1.165, 1.54) is 12.8 Å². The third-order valence-corrected chi connectivity index (χ3v) is 2.17. The number of hydrogen-bond donors (Lipinski definition) is 1. The van der Waals surface area contributed by atoms with E-state index in [2.05, 4.69) is 27.4 Å². The molecule has 2 N–H and O–H groups in total. The molecule has 2 unspecified atom stereocenters. The van der Waals surface area contributed by atoms with E-state index in [0.717, 1.165) is 18.3 Å². The van der Waals surface area contributed by atoms with Gasteiger partial charge in [0.1, 0.15) is 0 Å². The molecule has 0 aromatic heterocycles. The Kier molecular flexibility index (Phi) is 6.09. The number of hydrogen-bond acceptors (Lipinski definition) is 1. The topological polar surface area (TPSA) is 26.0 Å². The molecular weight excluding hydrogens is 146 g/mol. The first-order valence-corrected chi connectivity index (χ1v) is 4.94. The molecule has 0 aliphatic heterocycles. The average Bonchev–Trinajstić information content (AvgIpc) is 1.99. The lowest BCUT2D eigenvalue weighted by atomic mass is 9.93. The van der Waals surface area contributed by atoms with Crippen molar-refractivity contribution < 1.29 is 0 Å². The van der Waals surface area contributed by atoms with Crippen molar-refractivity contribution in [2.24, 2.45) is 17.6 Å². The van der Waals surface area contributed by atoms with E-state index in [1.54, 1.807) is 0 Å². The normalized spacial score (nSPS) is 16.1. The number of rotatable bonds is 6. The van der Waals surface area contributed by atoms with Crippen LogP contribution in [0, 0.1) is 11.8 Å². The van der Waals surface area contributed by atoms with Crippen molar-refractivity contribution in [1.82, 2.24) is 0 Å². The quantitative estimate of drug-likeness (QED) is 0.608. The van der Waals surface area contributed by atoms with Gasteiger partial charge in [-0.05, 0) is 31.1 Å². The van der Waals surface area contributed by atoms with Crippen LogP contribution < -0.4 is 5.73 Å². The molecule has 0 aromatic rings. The molecule has 0 saturated carbocycles. The molecular formula is C11H23N. The van der Waals surface area contributed by atoms with E-state index in [9.17, 15) is 0 Å². The average molecular weight is 169 g/mol. The second-order valence-corrected chi connectivity index (χ2v) is 4.21. The Hall–Kier alpha value is -0.300. The first-order chi connectivity index (χ1) is 5.56. The summed E-state index contributed by atoms with van der Waals surface area (Å²) in [5.74, 6) is 1.61. The Balaban J connectivity index is 3.42. The largest absolute Gasteiger partial charge is 0.324 e. The molecule has 0 rings (SSSR count). The molecule has 0 fully saturated rings. The summed E-state index contributed by atoms with van der Waals surface area (Å²) in [6.45, 7) is 10.5. The van der Waals surface area contributed by atoms with Crippen molar-refractivity contribution in [2.45, 2.75) is 46.1 Å². The Morgan fingerprint density at radius 1 is 1.25 bits per heavy atom. The van der Waals surface area contributed by atoms with Crippen LogP contribution >= 0.6 is 0 Å². The first-order valence-electron chi connectivity index (χ1n) is 4.94. The summed E-state index contributed by atoms with van der Waals surface area (Å²) >= 11 is 0. The van der Waals surface area contributed by atoms with Crippen molar-refractivity contribution in [3.05, 3.63) is 12.7 Å². The minimum atomic E-state index is 0.194. The van der Waals surface area contributed by atoms with Crippen LogP contribution in [-0.4, -0.2) is 6.04 Å². The minimum absolute atomic E-state index is 0.194. The molecule has 0 aromatic carbocycles. The van der Waals surface area contributed by atoms with E-state index < -0.39 is 0 Å². The smallest absolute Gasteiger partial charge is 0.0221 e. The van der Waals surface area contributed by atoms with Crippen LogP contribution in [-0.2, 0) is 0 Å². The lowest BCUT2D eigenvalue weighted by Crippen LogP contribution is -2.17. The molecule has 0 amide bonds. The van der Waals surface area contributed by atoms with Gasteiger partial charge in [0.15, 0.2) is 0 Å². The van der Waals surface area contributed by atoms with E-state index in [4.69, 9.17) is 5.73 Å². The summed E-state index contributed by atoms with van der Waals surface area (Å²) in [5, 5.41) is 0. The SMILES string of the molecule is C=CC(N)CCC(C)CC(C)C. The van der Waals surface area contributed by atoms with E-state index in [1.807, 2.05) is 6.08 Å². The summed E-state index contributed by atoms with van der Waals surface area (Å²) in [6, 6.07) is 0.194. The highest BCUT2D eigenvalue weighted by molar-refractivity contribution is 4.82. The maximum absolute atomic E-state index is 5.73. The van der Waals surface area contributed by atoms with Gasteiger partial charge in [-0.1, -0.05) is 26.8 Å². The van der Waals surface area contributed by atoms with Crippen molar-refractivity contribution in [3.8, 4) is 0 Å². The zero-order valence-corrected chi connectivity index (χ0v) is 8.72. The van der Waals surface area contributed by atoms with Crippen molar-refractivity contribution in [1.29, 1.82) is 0 Å². The molecule has 0 aliphatic rings. The van der Waals surface area contributed by atoms with Gasteiger partial charge < -0.3 is 5.73 Å². The van der Waals surface area contributed by atoms with Gasteiger partial charge in [-0.15, -0.1) is 6.58 Å². The zero-order valence-electron chi connectivity index (χ0n) is 8.72. The monoisotopic (exact) mass is 169 g/mol. The molecule has 72 valence electrons. The number of nitrogens with two attached hydrogens (primary N) is 1. The molecule has 0 spiro atoms. The van der Waals surface area contributed by atoms with Crippen LogP contribution in [0.1, 0.15) is 40.0 Å².